The van der Waals surface area contributed by atoms with Gasteiger partial charge in [0.05, 0.1) is 0 Å². The molecule has 4 atom stereocenters. The molecule has 0 aliphatic carbocycles. The Balaban J connectivity index is 4.43. The second kappa shape index (κ2) is 7.50. The summed E-state index contributed by atoms with van der Waals surface area (Å²) in [4.78, 5) is 0. The summed E-state index contributed by atoms with van der Waals surface area (Å²) in [5.41, 5.74) is 0. The summed E-state index contributed by atoms with van der Waals surface area (Å²) >= 11 is 0. The molecule has 0 N–H and O–H groups in total. The Labute approximate surface area is 95.8 Å². The molecule has 0 heteroatoms. The molecular formula is C15H26. The molecular weight excluding hydrogens is 180 g/mol. The molecule has 0 aromatic rings. The van der Waals surface area contributed by atoms with Crippen molar-refractivity contribution in [1.29, 1.82) is 0 Å². The van der Waals surface area contributed by atoms with Gasteiger partial charge in [-0.3, -0.25) is 0 Å². The van der Waals surface area contributed by atoms with Crippen molar-refractivity contribution in [3.63, 3.8) is 0 Å². The van der Waals surface area contributed by atoms with Crippen LogP contribution in [0.4, 0.5) is 0 Å². The van der Waals surface area contributed by atoms with Gasteiger partial charge in [-0.15, -0.1) is 19.7 Å². The minimum Gasteiger partial charge on any atom is -0.103 e. The van der Waals surface area contributed by atoms with E-state index < -0.39 is 0 Å². The number of hydrogen-bond acceptors (Lipinski definition) is 0. The lowest BCUT2D eigenvalue weighted by molar-refractivity contribution is 0.242. The van der Waals surface area contributed by atoms with Gasteiger partial charge in [-0.2, -0.15) is 0 Å². The molecule has 4 unspecified atom stereocenters. The molecule has 0 fully saturated rings. The lowest BCUT2D eigenvalue weighted by atomic mass is 9.75. The van der Waals surface area contributed by atoms with Crippen LogP contribution in [0.2, 0.25) is 0 Å². The SMILES string of the molecule is C=CCC(C)C(C)C(C=C)C(C)CC=C. The molecule has 0 rings (SSSR count). The Hall–Kier alpha value is -0.780. The van der Waals surface area contributed by atoms with Crippen LogP contribution in [0.15, 0.2) is 38.0 Å². The van der Waals surface area contributed by atoms with Crippen molar-refractivity contribution in [2.24, 2.45) is 23.7 Å². The molecule has 0 aliphatic rings. The highest BCUT2D eigenvalue weighted by Crippen LogP contribution is 2.31. The van der Waals surface area contributed by atoms with Gasteiger partial charge in [0.15, 0.2) is 0 Å². The summed E-state index contributed by atoms with van der Waals surface area (Å²) in [6.07, 6.45) is 8.29. The van der Waals surface area contributed by atoms with E-state index in [1.165, 1.54) is 0 Å². The molecule has 0 saturated carbocycles. The smallest absolute Gasteiger partial charge is 0.0179 e. The summed E-state index contributed by atoms with van der Waals surface area (Å²) in [6.45, 7) is 18.5. The summed E-state index contributed by atoms with van der Waals surface area (Å²) in [5, 5.41) is 0. The lowest BCUT2D eigenvalue weighted by Gasteiger charge is -2.30. The highest BCUT2D eigenvalue weighted by molar-refractivity contribution is 4.91. The second-order valence-electron chi connectivity index (χ2n) is 4.68. The van der Waals surface area contributed by atoms with Gasteiger partial charge in [0.2, 0.25) is 0 Å². The molecule has 0 aliphatic heterocycles. The molecule has 0 bridgehead atoms. The number of hydrogen-bond donors (Lipinski definition) is 0. The molecule has 0 aromatic heterocycles. The molecule has 0 nitrogen and oxygen atoms in total. The quantitative estimate of drug-likeness (QED) is 0.498. The van der Waals surface area contributed by atoms with Crippen LogP contribution in [-0.2, 0) is 0 Å². The number of rotatable bonds is 8. The van der Waals surface area contributed by atoms with Crippen molar-refractivity contribution in [2.75, 3.05) is 0 Å². The van der Waals surface area contributed by atoms with E-state index in [2.05, 4.69) is 46.6 Å². The standard InChI is InChI=1S/C15H26/c1-7-10-12(4)14(6)15(9-3)13(5)11-8-2/h7-9,12-15H,1-3,10-11H2,4-6H3. The predicted octanol–water partition coefficient (Wildman–Crippen LogP) is 4.85. The first-order chi connectivity index (χ1) is 7.08. The van der Waals surface area contributed by atoms with Gasteiger partial charge in [-0.05, 0) is 36.5 Å². The van der Waals surface area contributed by atoms with Crippen molar-refractivity contribution < 1.29 is 0 Å². The maximum atomic E-state index is 3.97. The first kappa shape index (κ1) is 14.2. The van der Waals surface area contributed by atoms with E-state index in [9.17, 15) is 0 Å². The Morgan fingerprint density at radius 2 is 1.33 bits per heavy atom. The van der Waals surface area contributed by atoms with E-state index >= 15 is 0 Å². The van der Waals surface area contributed by atoms with E-state index in [1.54, 1.807) is 0 Å². The third kappa shape index (κ3) is 4.51. The molecule has 0 spiro atoms. The van der Waals surface area contributed by atoms with E-state index in [0.717, 1.165) is 12.8 Å². The maximum Gasteiger partial charge on any atom is -0.0179 e. The van der Waals surface area contributed by atoms with Crippen molar-refractivity contribution in [3.8, 4) is 0 Å². The van der Waals surface area contributed by atoms with Gasteiger partial charge < -0.3 is 0 Å². The molecule has 0 saturated heterocycles. The lowest BCUT2D eigenvalue weighted by Crippen LogP contribution is -2.22. The monoisotopic (exact) mass is 206 g/mol. The fourth-order valence-corrected chi connectivity index (χ4v) is 2.24. The summed E-state index contributed by atoms with van der Waals surface area (Å²) in [6, 6.07) is 0. The van der Waals surface area contributed by atoms with Gasteiger partial charge in [-0.1, -0.05) is 39.0 Å². The molecule has 86 valence electrons. The van der Waals surface area contributed by atoms with Gasteiger partial charge in [-0.25, -0.2) is 0 Å². The summed E-state index contributed by atoms with van der Waals surface area (Å²) < 4.78 is 0. The van der Waals surface area contributed by atoms with Crippen LogP contribution in [0.1, 0.15) is 33.6 Å². The molecule has 15 heavy (non-hydrogen) atoms. The highest BCUT2D eigenvalue weighted by atomic mass is 14.3. The van der Waals surface area contributed by atoms with Crippen molar-refractivity contribution in [1.82, 2.24) is 0 Å². The van der Waals surface area contributed by atoms with Crippen LogP contribution in [0, 0.1) is 23.7 Å². The van der Waals surface area contributed by atoms with Gasteiger partial charge >= 0.3 is 0 Å². The van der Waals surface area contributed by atoms with Crippen LogP contribution in [0.3, 0.4) is 0 Å². The highest BCUT2D eigenvalue weighted by Gasteiger charge is 2.23. The van der Waals surface area contributed by atoms with E-state index in [4.69, 9.17) is 0 Å². The average Bonchev–Trinajstić information content (AvgIpc) is 2.19. The van der Waals surface area contributed by atoms with Crippen molar-refractivity contribution >= 4 is 0 Å². The molecule has 0 heterocycles. The van der Waals surface area contributed by atoms with Gasteiger partial charge in [0.25, 0.3) is 0 Å². The normalized spacial score (nSPS) is 18.6. The van der Waals surface area contributed by atoms with Crippen LogP contribution >= 0.6 is 0 Å². The van der Waals surface area contributed by atoms with E-state index in [1.807, 2.05) is 12.2 Å². The fourth-order valence-electron chi connectivity index (χ4n) is 2.24. The van der Waals surface area contributed by atoms with E-state index in [-0.39, 0.29) is 0 Å². The van der Waals surface area contributed by atoms with Crippen LogP contribution in [0.25, 0.3) is 0 Å². The fraction of sp³-hybridized carbons (Fsp3) is 0.600. The zero-order valence-corrected chi connectivity index (χ0v) is 10.6. The van der Waals surface area contributed by atoms with Gasteiger partial charge in [0, 0.05) is 0 Å². The maximum absolute atomic E-state index is 3.97. The van der Waals surface area contributed by atoms with Gasteiger partial charge in [0.1, 0.15) is 0 Å². The van der Waals surface area contributed by atoms with Crippen LogP contribution in [-0.4, -0.2) is 0 Å². The van der Waals surface area contributed by atoms with Crippen LogP contribution in [0.5, 0.6) is 0 Å². The first-order valence-corrected chi connectivity index (χ1v) is 5.92. The Kier molecular flexibility index (Phi) is 7.11. The molecule has 0 radical (unpaired) electrons. The third-order valence-electron chi connectivity index (χ3n) is 3.51. The topological polar surface area (TPSA) is 0 Å². The minimum atomic E-state index is 0.581. The Morgan fingerprint density at radius 1 is 0.867 bits per heavy atom. The Morgan fingerprint density at radius 3 is 1.73 bits per heavy atom. The number of allylic oxidation sites excluding steroid dienone is 3. The Bertz CT molecular complexity index is 202. The minimum absolute atomic E-state index is 0.581. The largest absolute Gasteiger partial charge is 0.103 e. The molecule has 0 aromatic carbocycles. The van der Waals surface area contributed by atoms with E-state index in [0.29, 0.717) is 23.7 Å². The summed E-state index contributed by atoms with van der Waals surface area (Å²) in [5.74, 6) is 2.56. The zero-order chi connectivity index (χ0) is 11.8. The zero-order valence-electron chi connectivity index (χ0n) is 10.6. The second-order valence-corrected chi connectivity index (χ2v) is 4.68. The average molecular weight is 206 g/mol. The third-order valence-corrected chi connectivity index (χ3v) is 3.51. The van der Waals surface area contributed by atoms with Crippen molar-refractivity contribution in [2.45, 2.75) is 33.6 Å². The van der Waals surface area contributed by atoms with Crippen LogP contribution < -0.4 is 0 Å². The molecule has 0 amide bonds. The first-order valence-electron chi connectivity index (χ1n) is 5.92. The predicted molar refractivity (Wildman–Crippen MR) is 70.8 cm³/mol. The summed E-state index contributed by atoms with van der Waals surface area (Å²) in [7, 11) is 0. The van der Waals surface area contributed by atoms with Crippen molar-refractivity contribution in [3.05, 3.63) is 38.0 Å².